The van der Waals surface area contributed by atoms with Crippen LogP contribution in [0.15, 0.2) is 54.1 Å². The normalized spacial score (nSPS) is 10.7. The molecule has 5 heteroatoms. The molecule has 0 unspecified atom stereocenters. The summed E-state index contributed by atoms with van der Waals surface area (Å²) in [5.41, 5.74) is 1.09. The number of phenolic OH excluding ortho intramolecular Hbond substituents is 1. The number of carbonyl (C=O) groups is 1. The maximum absolute atomic E-state index is 12.1. The number of hydrogen-bond acceptors (Lipinski definition) is 4. The van der Waals surface area contributed by atoms with Crippen LogP contribution < -0.4 is 10.1 Å². The molecular weight excluding hydrogens is 292 g/mol. The number of nitrogens with one attached hydrogen (secondary N) is 1. The predicted octanol–water partition coefficient (Wildman–Crippen LogP) is 3.34. The first-order valence-corrected chi connectivity index (χ1v) is 7.07. The van der Waals surface area contributed by atoms with Gasteiger partial charge in [-0.15, -0.1) is 0 Å². The van der Waals surface area contributed by atoms with Gasteiger partial charge >= 0.3 is 0 Å². The zero-order chi connectivity index (χ0) is 16.7. The minimum Gasteiger partial charge on any atom is -0.508 e. The summed E-state index contributed by atoms with van der Waals surface area (Å²) in [5, 5.41) is 21.2. The van der Waals surface area contributed by atoms with E-state index in [9.17, 15) is 9.90 Å². The van der Waals surface area contributed by atoms with Gasteiger partial charge in [-0.3, -0.25) is 4.79 Å². The van der Waals surface area contributed by atoms with Gasteiger partial charge in [0.1, 0.15) is 23.1 Å². The van der Waals surface area contributed by atoms with Crippen molar-refractivity contribution >= 4 is 17.7 Å². The van der Waals surface area contributed by atoms with Gasteiger partial charge in [0, 0.05) is 5.69 Å². The molecule has 0 aliphatic carbocycles. The fourth-order valence-electron chi connectivity index (χ4n) is 1.93. The van der Waals surface area contributed by atoms with E-state index >= 15 is 0 Å². The van der Waals surface area contributed by atoms with Crippen LogP contribution >= 0.6 is 0 Å². The molecule has 0 fully saturated rings. The van der Waals surface area contributed by atoms with Crippen molar-refractivity contribution in [3.63, 3.8) is 0 Å². The predicted molar refractivity (Wildman–Crippen MR) is 87.9 cm³/mol. The first-order valence-electron chi connectivity index (χ1n) is 7.07. The molecule has 116 valence electrons. The molecule has 0 saturated carbocycles. The number of anilines is 1. The Kier molecular flexibility index (Phi) is 5.37. The van der Waals surface area contributed by atoms with E-state index in [0.717, 1.165) is 0 Å². The first kappa shape index (κ1) is 16.1. The van der Waals surface area contributed by atoms with Crippen molar-refractivity contribution in [2.75, 3.05) is 11.9 Å². The number of carbonyl (C=O) groups excluding carboxylic acids is 1. The van der Waals surface area contributed by atoms with E-state index < -0.39 is 5.91 Å². The molecule has 23 heavy (non-hydrogen) atoms. The Bertz CT molecular complexity index is 759. The van der Waals surface area contributed by atoms with E-state index in [-0.39, 0.29) is 11.3 Å². The fraction of sp³-hybridized carbons (Fsp3) is 0.111. The molecule has 2 aromatic rings. The lowest BCUT2D eigenvalue weighted by Gasteiger charge is -2.06. The van der Waals surface area contributed by atoms with Gasteiger partial charge in [-0.2, -0.15) is 5.26 Å². The molecule has 0 radical (unpaired) electrons. The summed E-state index contributed by atoms with van der Waals surface area (Å²) in [6.45, 7) is 2.46. The molecule has 0 aliphatic rings. The zero-order valence-corrected chi connectivity index (χ0v) is 12.6. The monoisotopic (exact) mass is 308 g/mol. The van der Waals surface area contributed by atoms with Crippen LogP contribution in [0.3, 0.4) is 0 Å². The number of rotatable bonds is 5. The quantitative estimate of drug-likeness (QED) is 0.655. The molecule has 0 aromatic heterocycles. The number of aromatic hydroxyl groups is 1. The number of hydrogen-bond donors (Lipinski definition) is 2. The van der Waals surface area contributed by atoms with Gasteiger partial charge in [0.2, 0.25) is 0 Å². The molecule has 2 rings (SSSR count). The van der Waals surface area contributed by atoms with E-state index in [4.69, 9.17) is 10.00 Å². The summed E-state index contributed by atoms with van der Waals surface area (Å²) in [6.07, 6.45) is 1.42. The highest BCUT2D eigenvalue weighted by molar-refractivity contribution is 6.09. The van der Waals surface area contributed by atoms with E-state index in [1.54, 1.807) is 36.4 Å². The maximum Gasteiger partial charge on any atom is 0.266 e. The van der Waals surface area contributed by atoms with Gasteiger partial charge < -0.3 is 15.2 Å². The summed E-state index contributed by atoms with van der Waals surface area (Å²) in [6, 6.07) is 15.1. The van der Waals surface area contributed by atoms with Gasteiger partial charge in [0.05, 0.1) is 6.61 Å². The van der Waals surface area contributed by atoms with Gasteiger partial charge in [-0.1, -0.05) is 12.1 Å². The molecule has 1 amide bonds. The fourth-order valence-corrected chi connectivity index (χ4v) is 1.93. The largest absolute Gasteiger partial charge is 0.508 e. The van der Waals surface area contributed by atoms with Crippen LogP contribution in [-0.4, -0.2) is 17.6 Å². The molecule has 0 heterocycles. The van der Waals surface area contributed by atoms with Crippen molar-refractivity contribution in [1.82, 2.24) is 0 Å². The summed E-state index contributed by atoms with van der Waals surface area (Å²) in [7, 11) is 0. The van der Waals surface area contributed by atoms with Crippen LogP contribution in [0.2, 0.25) is 0 Å². The summed E-state index contributed by atoms with van der Waals surface area (Å²) >= 11 is 0. The Morgan fingerprint density at radius 3 is 2.65 bits per heavy atom. The van der Waals surface area contributed by atoms with Crippen LogP contribution in [0.4, 0.5) is 5.69 Å². The second kappa shape index (κ2) is 7.66. The van der Waals surface area contributed by atoms with Crippen LogP contribution in [0.1, 0.15) is 12.5 Å². The third-order valence-electron chi connectivity index (χ3n) is 2.97. The minimum absolute atomic E-state index is 0.0514. The Morgan fingerprint density at radius 1 is 1.30 bits per heavy atom. The van der Waals surface area contributed by atoms with E-state index in [2.05, 4.69) is 5.32 Å². The third kappa shape index (κ3) is 4.61. The van der Waals surface area contributed by atoms with Crippen molar-refractivity contribution in [1.29, 1.82) is 5.26 Å². The second-order valence-corrected chi connectivity index (χ2v) is 4.68. The first-order chi connectivity index (χ1) is 11.1. The number of phenols is 1. The molecule has 0 saturated heterocycles. The Labute approximate surface area is 134 Å². The van der Waals surface area contributed by atoms with E-state index in [1.807, 2.05) is 13.0 Å². The van der Waals surface area contributed by atoms with Crippen molar-refractivity contribution in [3.05, 3.63) is 59.7 Å². The number of ether oxygens (including phenoxy) is 1. The molecular formula is C18H16N2O3. The van der Waals surface area contributed by atoms with Crippen molar-refractivity contribution in [3.8, 4) is 17.6 Å². The number of nitriles is 1. The number of benzene rings is 2. The average Bonchev–Trinajstić information content (AvgIpc) is 2.54. The lowest BCUT2D eigenvalue weighted by atomic mass is 10.1. The molecule has 0 atom stereocenters. The van der Waals surface area contributed by atoms with Crippen molar-refractivity contribution in [2.45, 2.75) is 6.92 Å². The van der Waals surface area contributed by atoms with E-state index in [0.29, 0.717) is 23.6 Å². The van der Waals surface area contributed by atoms with Crippen molar-refractivity contribution in [2.24, 2.45) is 0 Å². The lowest BCUT2D eigenvalue weighted by Crippen LogP contribution is -2.13. The van der Waals surface area contributed by atoms with Crippen LogP contribution in [-0.2, 0) is 4.79 Å². The van der Waals surface area contributed by atoms with Crippen LogP contribution in [0.5, 0.6) is 11.5 Å². The molecule has 0 spiro atoms. The van der Waals surface area contributed by atoms with Gasteiger partial charge in [0.15, 0.2) is 0 Å². The highest BCUT2D eigenvalue weighted by Gasteiger charge is 2.09. The third-order valence-corrected chi connectivity index (χ3v) is 2.97. The topological polar surface area (TPSA) is 82.3 Å². The highest BCUT2D eigenvalue weighted by atomic mass is 16.5. The summed E-state index contributed by atoms with van der Waals surface area (Å²) in [5.74, 6) is 0.268. The van der Waals surface area contributed by atoms with Crippen molar-refractivity contribution < 1.29 is 14.6 Å². The smallest absolute Gasteiger partial charge is 0.266 e. The zero-order valence-electron chi connectivity index (χ0n) is 12.6. The van der Waals surface area contributed by atoms with Crippen LogP contribution in [0.25, 0.3) is 6.08 Å². The average molecular weight is 308 g/mol. The maximum atomic E-state index is 12.1. The number of nitrogens with zero attached hydrogens (tertiary/aromatic N) is 1. The second-order valence-electron chi connectivity index (χ2n) is 4.68. The van der Waals surface area contributed by atoms with Gasteiger partial charge in [-0.25, -0.2) is 0 Å². The van der Waals surface area contributed by atoms with Crippen LogP contribution in [0, 0.1) is 11.3 Å². The van der Waals surface area contributed by atoms with E-state index in [1.165, 1.54) is 18.2 Å². The standard InChI is InChI=1S/C18H16N2O3/c1-2-23-17-8-6-15(7-9-17)20-18(22)14(12-19)10-13-4-3-5-16(21)11-13/h3-11,21H,2H2,1H3,(H,20,22)/b14-10+. The highest BCUT2D eigenvalue weighted by Crippen LogP contribution is 2.18. The number of amides is 1. The summed E-state index contributed by atoms with van der Waals surface area (Å²) < 4.78 is 5.32. The SMILES string of the molecule is CCOc1ccc(NC(=O)/C(C#N)=C/c2cccc(O)c2)cc1. The summed E-state index contributed by atoms with van der Waals surface area (Å²) in [4.78, 5) is 12.1. The molecule has 0 aliphatic heterocycles. The molecule has 2 N–H and O–H groups in total. The Morgan fingerprint density at radius 2 is 2.04 bits per heavy atom. The minimum atomic E-state index is -0.514. The molecule has 5 nitrogen and oxygen atoms in total. The lowest BCUT2D eigenvalue weighted by molar-refractivity contribution is -0.112. The van der Waals surface area contributed by atoms with Gasteiger partial charge in [-0.05, 0) is 55.0 Å². The Balaban J connectivity index is 2.12. The Hall–Kier alpha value is -3.26. The van der Waals surface area contributed by atoms with Gasteiger partial charge in [0.25, 0.3) is 5.91 Å². The molecule has 0 bridgehead atoms. The molecule has 2 aromatic carbocycles.